The van der Waals surface area contributed by atoms with Crippen molar-refractivity contribution >= 4 is 15.9 Å². The number of amides is 1. The van der Waals surface area contributed by atoms with Gasteiger partial charge in [-0.25, -0.2) is 8.42 Å². The first-order chi connectivity index (χ1) is 13.0. The zero-order valence-electron chi connectivity index (χ0n) is 16.6. The van der Waals surface area contributed by atoms with Crippen LogP contribution in [0.4, 0.5) is 0 Å². The van der Waals surface area contributed by atoms with Crippen molar-refractivity contribution in [3.63, 3.8) is 0 Å². The van der Waals surface area contributed by atoms with Crippen LogP contribution in [0.1, 0.15) is 32.3 Å². The topological polar surface area (TPSA) is 69.7 Å². The minimum atomic E-state index is -3.32. The Labute approximate surface area is 164 Å². The fourth-order valence-corrected chi connectivity index (χ4v) is 4.74. The Morgan fingerprint density at radius 2 is 1.70 bits per heavy atom. The van der Waals surface area contributed by atoms with Crippen molar-refractivity contribution in [3.8, 4) is 0 Å². The number of carbonyl (C=O) groups is 1. The van der Waals surface area contributed by atoms with Crippen molar-refractivity contribution in [2.24, 2.45) is 5.92 Å². The Hall–Kier alpha value is -1.44. The third-order valence-electron chi connectivity index (χ3n) is 5.30. The molecular weight excluding hydrogens is 362 g/mol. The molecule has 1 aromatic carbocycles. The first-order valence-corrected chi connectivity index (χ1v) is 11.6. The molecule has 1 fully saturated rings. The molecule has 6 nitrogen and oxygen atoms in total. The summed E-state index contributed by atoms with van der Waals surface area (Å²) >= 11 is 0. The molecule has 1 N–H and O–H groups in total. The first-order valence-electron chi connectivity index (χ1n) is 9.98. The zero-order valence-corrected chi connectivity index (χ0v) is 17.4. The number of nitrogens with one attached hydrogen (secondary N) is 1. The number of sulfonamides is 1. The maximum atomic E-state index is 12.5. The van der Waals surface area contributed by atoms with Crippen LogP contribution in [-0.4, -0.2) is 68.6 Å². The molecular formula is C20H33N3O3S. The standard InChI is InChI=1S/C20H33N3O3S/c1-3-19(4-2)20(24)21-11-17-27(25,26)23-15-13-22(14-16-23)12-10-18-8-6-5-7-9-18/h5-9,19H,3-4,10-17H2,1-2H3,(H,21,24). The van der Waals surface area contributed by atoms with E-state index in [-0.39, 0.29) is 24.1 Å². The van der Waals surface area contributed by atoms with Gasteiger partial charge in [-0.15, -0.1) is 0 Å². The average molecular weight is 396 g/mol. The summed E-state index contributed by atoms with van der Waals surface area (Å²) in [6, 6.07) is 10.3. The highest BCUT2D eigenvalue weighted by Crippen LogP contribution is 2.10. The third kappa shape index (κ3) is 6.90. The fourth-order valence-electron chi connectivity index (χ4n) is 3.40. The molecule has 1 aliphatic heterocycles. The highest BCUT2D eigenvalue weighted by atomic mass is 32.2. The molecule has 1 saturated heterocycles. The van der Waals surface area contributed by atoms with Crippen molar-refractivity contribution in [3.05, 3.63) is 35.9 Å². The summed E-state index contributed by atoms with van der Waals surface area (Å²) in [6.07, 6.45) is 2.54. The molecule has 27 heavy (non-hydrogen) atoms. The molecule has 152 valence electrons. The maximum Gasteiger partial charge on any atom is 0.223 e. The Bertz CT molecular complexity index is 667. The van der Waals surface area contributed by atoms with E-state index < -0.39 is 10.0 Å². The molecule has 0 bridgehead atoms. The Morgan fingerprint density at radius 3 is 2.30 bits per heavy atom. The molecule has 0 spiro atoms. The number of hydrogen-bond acceptors (Lipinski definition) is 4. The van der Waals surface area contributed by atoms with E-state index >= 15 is 0 Å². The summed E-state index contributed by atoms with van der Waals surface area (Å²) in [5.74, 6) is -0.0927. The lowest BCUT2D eigenvalue weighted by Gasteiger charge is -2.34. The van der Waals surface area contributed by atoms with Gasteiger partial charge in [0.1, 0.15) is 0 Å². The summed E-state index contributed by atoms with van der Waals surface area (Å²) < 4.78 is 26.6. The quantitative estimate of drug-likeness (QED) is 0.655. The van der Waals surface area contributed by atoms with E-state index in [4.69, 9.17) is 0 Å². The van der Waals surface area contributed by atoms with E-state index in [0.717, 1.165) is 38.9 Å². The van der Waals surface area contributed by atoms with Gasteiger partial charge in [-0.1, -0.05) is 44.2 Å². The summed E-state index contributed by atoms with van der Waals surface area (Å²) in [5.41, 5.74) is 1.31. The Kier molecular flexibility index (Phi) is 8.73. The van der Waals surface area contributed by atoms with Gasteiger partial charge in [-0.3, -0.25) is 4.79 Å². The minimum Gasteiger partial charge on any atom is -0.355 e. The molecule has 0 aliphatic carbocycles. The lowest BCUT2D eigenvalue weighted by atomic mass is 10.0. The lowest BCUT2D eigenvalue weighted by Crippen LogP contribution is -2.50. The van der Waals surface area contributed by atoms with Crippen molar-refractivity contribution in [1.29, 1.82) is 0 Å². The molecule has 0 atom stereocenters. The van der Waals surface area contributed by atoms with Crippen molar-refractivity contribution in [2.45, 2.75) is 33.1 Å². The Morgan fingerprint density at radius 1 is 1.07 bits per heavy atom. The first kappa shape index (κ1) is 21.9. The van der Waals surface area contributed by atoms with Crippen LogP contribution in [-0.2, 0) is 21.2 Å². The number of rotatable bonds is 10. The lowest BCUT2D eigenvalue weighted by molar-refractivity contribution is -0.125. The van der Waals surface area contributed by atoms with Crippen LogP contribution >= 0.6 is 0 Å². The highest BCUT2D eigenvalue weighted by Gasteiger charge is 2.26. The SMILES string of the molecule is CCC(CC)C(=O)NCCS(=O)(=O)N1CCN(CCc2ccccc2)CC1. The van der Waals surface area contributed by atoms with Gasteiger partial charge >= 0.3 is 0 Å². The van der Waals surface area contributed by atoms with Crippen molar-refractivity contribution < 1.29 is 13.2 Å². The van der Waals surface area contributed by atoms with Gasteiger partial charge < -0.3 is 10.2 Å². The van der Waals surface area contributed by atoms with Gasteiger partial charge in [0, 0.05) is 45.2 Å². The summed E-state index contributed by atoms with van der Waals surface area (Å²) in [5, 5.41) is 2.77. The van der Waals surface area contributed by atoms with Crippen LogP contribution in [0.25, 0.3) is 0 Å². The molecule has 1 aliphatic rings. The number of nitrogens with zero attached hydrogens (tertiary/aromatic N) is 2. The van der Waals surface area contributed by atoms with Crippen molar-refractivity contribution in [2.75, 3.05) is 45.0 Å². The van der Waals surface area contributed by atoms with Crippen LogP contribution in [0, 0.1) is 5.92 Å². The van der Waals surface area contributed by atoms with Crippen molar-refractivity contribution in [1.82, 2.24) is 14.5 Å². The molecule has 2 rings (SSSR count). The molecule has 0 aromatic heterocycles. The minimum absolute atomic E-state index is 0.0249. The van der Waals surface area contributed by atoms with E-state index in [2.05, 4.69) is 22.3 Å². The molecule has 0 saturated carbocycles. The van der Waals surface area contributed by atoms with Gasteiger partial charge in [0.25, 0.3) is 0 Å². The van der Waals surface area contributed by atoms with Gasteiger partial charge in [-0.05, 0) is 24.8 Å². The summed E-state index contributed by atoms with van der Waals surface area (Å²) in [7, 11) is -3.32. The smallest absolute Gasteiger partial charge is 0.223 e. The number of piperazine rings is 1. The monoisotopic (exact) mass is 395 g/mol. The van der Waals surface area contributed by atoms with E-state index in [1.807, 2.05) is 32.0 Å². The largest absolute Gasteiger partial charge is 0.355 e. The van der Waals surface area contributed by atoms with Gasteiger partial charge in [0.15, 0.2) is 0 Å². The van der Waals surface area contributed by atoms with Crippen LogP contribution in [0.3, 0.4) is 0 Å². The van der Waals surface area contributed by atoms with Crippen LogP contribution < -0.4 is 5.32 Å². The van der Waals surface area contributed by atoms with Crippen LogP contribution in [0.15, 0.2) is 30.3 Å². The molecule has 7 heteroatoms. The van der Waals surface area contributed by atoms with E-state index in [1.54, 1.807) is 4.31 Å². The van der Waals surface area contributed by atoms with Gasteiger partial charge in [-0.2, -0.15) is 4.31 Å². The van der Waals surface area contributed by atoms with Gasteiger partial charge in [0.2, 0.25) is 15.9 Å². The predicted molar refractivity (Wildman–Crippen MR) is 109 cm³/mol. The Balaban J connectivity index is 1.71. The fraction of sp³-hybridized carbons (Fsp3) is 0.650. The van der Waals surface area contributed by atoms with Crippen LogP contribution in [0.2, 0.25) is 0 Å². The highest BCUT2D eigenvalue weighted by molar-refractivity contribution is 7.89. The van der Waals surface area contributed by atoms with E-state index in [9.17, 15) is 13.2 Å². The molecule has 0 unspecified atom stereocenters. The second kappa shape index (κ2) is 10.8. The summed E-state index contributed by atoms with van der Waals surface area (Å²) in [4.78, 5) is 14.3. The van der Waals surface area contributed by atoms with E-state index in [1.165, 1.54) is 5.56 Å². The van der Waals surface area contributed by atoms with E-state index in [0.29, 0.717) is 13.1 Å². The normalized spacial score (nSPS) is 16.6. The third-order valence-corrected chi connectivity index (χ3v) is 7.17. The number of hydrogen-bond donors (Lipinski definition) is 1. The second-order valence-electron chi connectivity index (χ2n) is 7.10. The molecule has 0 radical (unpaired) electrons. The van der Waals surface area contributed by atoms with Gasteiger partial charge in [0.05, 0.1) is 5.75 Å². The second-order valence-corrected chi connectivity index (χ2v) is 9.19. The number of benzene rings is 1. The molecule has 1 heterocycles. The zero-order chi connectivity index (χ0) is 19.7. The summed E-state index contributed by atoms with van der Waals surface area (Å²) in [6.45, 7) is 7.65. The van der Waals surface area contributed by atoms with Crippen LogP contribution in [0.5, 0.6) is 0 Å². The molecule has 1 amide bonds. The maximum absolute atomic E-state index is 12.5. The average Bonchev–Trinajstić information content (AvgIpc) is 2.68. The molecule has 1 aromatic rings. The predicted octanol–water partition coefficient (Wildman–Crippen LogP) is 1.73. The number of carbonyl (C=O) groups excluding carboxylic acids is 1.